The molecule has 0 radical (unpaired) electrons. The van der Waals surface area contributed by atoms with Gasteiger partial charge in [0.05, 0.1) is 17.7 Å². The Balaban J connectivity index is 1.66. The molecule has 3 atom stereocenters. The molecule has 132 valence electrons. The molecule has 4 rings (SSSR count). The first kappa shape index (κ1) is 16.9. The van der Waals surface area contributed by atoms with E-state index in [1.807, 2.05) is 18.2 Å². The van der Waals surface area contributed by atoms with Crippen molar-refractivity contribution in [1.29, 1.82) is 0 Å². The van der Waals surface area contributed by atoms with E-state index in [4.69, 9.17) is 21.3 Å². The molecule has 2 aliphatic rings. The van der Waals surface area contributed by atoms with Crippen LogP contribution in [0.3, 0.4) is 0 Å². The van der Waals surface area contributed by atoms with Crippen LogP contribution in [0.4, 0.5) is 0 Å². The molecule has 3 nitrogen and oxygen atoms in total. The maximum atomic E-state index is 10.8. The lowest BCUT2D eigenvalue weighted by Crippen LogP contribution is -2.11. The third-order valence-electron chi connectivity index (χ3n) is 5.78. The first-order chi connectivity index (χ1) is 12.1. The first-order valence-electron chi connectivity index (χ1n) is 9.10. The Hall–Kier alpha value is -1.58. The quantitative estimate of drug-likeness (QED) is 0.852. The van der Waals surface area contributed by atoms with E-state index in [0.717, 1.165) is 55.5 Å². The van der Waals surface area contributed by atoms with Gasteiger partial charge in [0, 0.05) is 23.7 Å². The van der Waals surface area contributed by atoms with Crippen LogP contribution in [0.25, 0.3) is 0 Å². The summed E-state index contributed by atoms with van der Waals surface area (Å²) in [6, 6.07) is 10.3. The number of pyridine rings is 1. The molecular weight excluding hydrogens is 334 g/mol. The topological polar surface area (TPSA) is 42.4 Å². The molecule has 1 unspecified atom stereocenters. The van der Waals surface area contributed by atoms with Crippen molar-refractivity contribution in [2.75, 3.05) is 7.11 Å². The van der Waals surface area contributed by atoms with E-state index in [1.165, 1.54) is 5.56 Å². The zero-order valence-corrected chi connectivity index (χ0v) is 15.3. The monoisotopic (exact) mass is 357 g/mol. The Morgan fingerprint density at radius 3 is 2.84 bits per heavy atom. The van der Waals surface area contributed by atoms with Crippen molar-refractivity contribution in [2.45, 2.75) is 56.0 Å². The maximum Gasteiger partial charge on any atom is 0.118 e. The lowest BCUT2D eigenvalue weighted by Gasteiger charge is -2.20. The van der Waals surface area contributed by atoms with Crippen LogP contribution < -0.4 is 4.74 Å². The number of ether oxygens (including phenoxy) is 1. The molecule has 2 aromatic rings. The molecule has 1 fully saturated rings. The summed E-state index contributed by atoms with van der Waals surface area (Å²) < 4.78 is 5.26. The highest BCUT2D eigenvalue weighted by molar-refractivity contribution is 6.30. The maximum absolute atomic E-state index is 10.8. The van der Waals surface area contributed by atoms with Crippen LogP contribution in [0.15, 0.2) is 36.5 Å². The number of aliphatic hydroxyl groups is 1. The zero-order chi connectivity index (χ0) is 17.4. The summed E-state index contributed by atoms with van der Waals surface area (Å²) in [5.74, 6) is 1.44. The van der Waals surface area contributed by atoms with Gasteiger partial charge in [-0.25, -0.2) is 0 Å². The molecule has 1 aromatic carbocycles. The smallest absolute Gasteiger partial charge is 0.118 e. The Bertz CT molecular complexity index is 761. The standard InChI is InChI=1S/C21H24ClNO2/c1-25-17-7-5-14(6-8-17)10-15-4-2-3-9-21(24)12-19(21)18-11-16(22)13-23-20(15)18/h5-8,11,13,15,19,24H,2-4,9-10,12H2,1H3/t15?,19-,21-/m0/s1. The molecule has 0 bridgehead atoms. The largest absolute Gasteiger partial charge is 0.497 e. The van der Waals surface area contributed by atoms with Gasteiger partial charge >= 0.3 is 0 Å². The number of hydrogen-bond donors (Lipinski definition) is 1. The predicted molar refractivity (Wildman–Crippen MR) is 99.5 cm³/mol. The summed E-state index contributed by atoms with van der Waals surface area (Å²) in [6.07, 6.45) is 7.73. The van der Waals surface area contributed by atoms with Gasteiger partial charge in [-0.3, -0.25) is 4.98 Å². The van der Waals surface area contributed by atoms with Gasteiger partial charge in [-0.2, -0.15) is 0 Å². The van der Waals surface area contributed by atoms with Gasteiger partial charge in [-0.1, -0.05) is 36.6 Å². The number of halogens is 1. The van der Waals surface area contributed by atoms with Crippen molar-refractivity contribution < 1.29 is 9.84 Å². The Kier molecular flexibility index (Phi) is 4.47. The molecule has 1 heterocycles. The van der Waals surface area contributed by atoms with Gasteiger partial charge < -0.3 is 9.84 Å². The van der Waals surface area contributed by atoms with Crippen LogP contribution in [-0.4, -0.2) is 22.8 Å². The molecule has 0 spiro atoms. The molecule has 0 saturated heterocycles. The van der Waals surface area contributed by atoms with Crippen LogP contribution in [-0.2, 0) is 6.42 Å². The second kappa shape index (κ2) is 6.62. The van der Waals surface area contributed by atoms with Crippen molar-refractivity contribution in [1.82, 2.24) is 4.98 Å². The number of nitrogens with zero attached hydrogens (tertiary/aromatic N) is 1. The van der Waals surface area contributed by atoms with Crippen LogP contribution in [0.2, 0.25) is 5.02 Å². The molecule has 1 N–H and O–H groups in total. The normalized spacial score (nSPS) is 28.1. The van der Waals surface area contributed by atoms with E-state index in [1.54, 1.807) is 13.3 Å². The van der Waals surface area contributed by atoms with Crippen LogP contribution in [0.1, 0.15) is 60.8 Å². The zero-order valence-electron chi connectivity index (χ0n) is 14.5. The van der Waals surface area contributed by atoms with E-state index < -0.39 is 5.60 Å². The van der Waals surface area contributed by atoms with Crippen molar-refractivity contribution in [3.05, 3.63) is 58.4 Å². The number of methoxy groups -OCH3 is 1. The molecule has 1 aromatic heterocycles. The van der Waals surface area contributed by atoms with Crippen molar-refractivity contribution >= 4 is 11.6 Å². The molecule has 4 heteroatoms. The Labute approximate surface area is 154 Å². The average Bonchev–Trinajstić information content (AvgIpc) is 3.29. The van der Waals surface area contributed by atoms with Crippen molar-refractivity contribution in [2.24, 2.45) is 0 Å². The van der Waals surface area contributed by atoms with E-state index >= 15 is 0 Å². The molecule has 2 aliphatic carbocycles. The second-order valence-electron chi connectivity index (χ2n) is 7.48. The summed E-state index contributed by atoms with van der Waals surface area (Å²) >= 11 is 6.22. The highest BCUT2D eigenvalue weighted by atomic mass is 35.5. The predicted octanol–water partition coefficient (Wildman–Crippen LogP) is 4.86. The van der Waals surface area contributed by atoms with Crippen LogP contribution in [0, 0.1) is 0 Å². The minimum Gasteiger partial charge on any atom is -0.497 e. The van der Waals surface area contributed by atoms with Gasteiger partial charge in [0.25, 0.3) is 0 Å². The summed E-state index contributed by atoms with van der Waals surface area (Å²) in [4.78, 5) is 4.71. The Morgan fingerprint density at radius 2 is 2.08 bits per heavy atom. The molecule has 0 amide bonds. The summed E-state index contributed by atoms with van der Waals surface area (Å²) in [7, 11) is 1.69. The average molecular weight is 358 g/mol. The molecule has 25 heavy (non-hydrogen) atoms. The summed E-state index contributed by atoms with van der Waals surface area (Å²) in [5.41, 5.74) is 3.05. The fourth-order valence-corrected chi connectivity index (χ4v) is 4.43. The highest BCUT2D eigenvalue weighted by Gasteiger charge is 2.54. The number of rotatable bonds is 3. The van der Waals surface area contributed by atoms with E-state index in [-0.39, 0.29) is 5.92 Å². The number of fused-ring (bicyclic) bond motifs is 3. The molecular formula is C21H24ClNO2. The fraction of sp³-hybridized carbons (Fsp3) is 0.476. The number of hydrogen-bond acceptors (Lipinski definition) is 3. The lowest BCUT2D eigenvalue weighted by molar-refractivity contribution is 0.129. The molecule has 1 saturated carbocycles. The third kappa shape index (κ3) is 3.40. The van der Waals surface area contributed by atoms with Crippen LogP contribution >= 0.6 is 11.6 Å². The van der Waals surface area contributed by atoms with Gasteiger partial charge in [-0.15, -0.1) is 0 Å². The SMILES string of the molecule is COc1ccc(CC2CCCC[C@]3(O)C[C@H]3c3cc(Cl)cnc32)cc1. The minimum absolute atomic E-state index is 0.199. The van der Waals surface area contributed by atoms with E-state index in [2.05, 4.69) is 12.1 Å². The van der Waals surface area contributed by atoms with Gasteiger partial charge in [0.15, 0.2) is 0 Å². The minimum atomic E-state index is -0.532. The highest BCUT2D eigenvalue weighted by Crippen LogP contribution is 2.57. The molecule has 0 aliphatic heterocycles. The first-order valence-corrected chi connectivity index (χ1v) is 9.47. The number of aromatic nitrogens is 1. The van der Waals surface area contributed by atoms with Gasteiger partial charge in [0.2, 0.25) is 0 Å². The van der Waals surface area contributed by atoms with Gasteiger partial charge in [-0.05, 0) is 55.0 Å². The fourth-order valence-electron chi connectivity index (χ4n) is 4.26. The third-order valence-corrected chi connectivity index (χ3v) is 5.98. The number of benzene rings is 1. The van der Waals surface area contributed by atoms with Crippen molar-refractivity contribution in [3.63, 3.8) is 0 Å². The van der Waals surface area contributed by atoms with Gasteiger partial charge in [0.1, 0.15) is 5.75 Å². The Morgan fingerprint density at radius 1 is 1.28 bits per heavy atom. The van der Waals surface area contributed by atoms with Crippen LogP contribution in [0.5, 0.6) is 5.75 Å². The summed E-state index contributed by atoms with van der Waals surface area (Å²) in [6.45, 7) is 0. The van der Waals surface area contributed by atoms with E-state index in [0.29, 0.717) is 10.9 Å². The summed E-state index contributed by atoms with van der Waals surface area (Å²) in [5, 5.41) is 11.4. The van der Waals surface area contributed by atoms with Crippen molar-refractivity contribution in [3.8, 4) is 5.75 Å². The van der Waals surface area contributed by atoms with E-state index in [9.17, 15) is 5.11 Å². The lowest BCUT2D eigenvalue weighted by atomic mass is 9.88. The second-order valence-corrected chi connectivity index (χ2v) is 7.92.